The SMILES string of the molecule is O=C(NC1C2C3CCC(C3)C12)C1NCC2CCCC21. The first-order valence-corrected chi connectivity index (χ1v) is 8.36. The van der Waals surface area contributed by atoms with E-state index in [1.807, 2.05) is 0 Å². The Morgan fingerprint density at radius 3 is 2.58 bits per heavy atom. The quantitative estimate of drug-likeness (QED) is 0.790. The minimum absolute atomic E-state index is 0.131. The largest absolute Gasteiger partial charge is 0.351 e. The highest BCUT2D eigenvalue weighted by Crippen LogP contribution is 2.65. The second kappa shape index (κ2) is 3.75. The number of carbonyl (C=O) groups excluding carboxylic acids is 1. The second-order valence-electron chi connectivity index (χ2n) is 7.76. The highest BCUT2D eigenvalue weighted by molar-refractivity contribution is 5.83. The molecule has 7 unspecified atom stereocenters. The van der Waals surface area contributed by atoms with Crippen LogP contribution in [0.2, 0.25) is 0 Å². The van der Waals surface area contributed by atoms with Crippen molar-refractivity contribution in [2.24, 2.45) is 35.5 Å². The molecule has 1 aliphatic heterocycles. The lowest BCUT2D eigenvalue weighted by Crippen LogP contribution is -2.45. The minimum atomic E-state index is 0.131. The fraction of sp³-hybridized carbons (Fsp3) is 0.938. The van der Waals surface area contributed by atoms with Crippen molar-refractivity contribution in [1.82, 2.24) is 10.6 Å². The third-order valence-corrected chi connectivity index (χ3v) is 7.07. The van der Waals surface area contributed by atoms with Crippen LogP contribution >= 0.6 is 0 Å². The van der Waals surface area contributed by atoms with E-state index in [1.165, 1.54) is 38.5 Å². The molecule has 1 amide bonds. The molecule has 4 aliphatic carbocycles. The first kappa shape index (κ1) is 11.1. The van der Waals surface area contributed by atoms with Gasteiger partial charge in [0, 0.05) is 6.04 Å². The van der Waals surface area contributed by atoms with E-state index in [0.29, 0.717) is 17.9 Å². The predicted octanol–water partition coefficient (Wildman–Crippen LogP) is 1.54. The minimum Gasteiger partial charge on any atom is -0.351 e. The highest BCUT2D eigenvalue weighted by atomic mass is 16.2. The van der Waals surface area contributed by atoms with Crippen molar-refractivity contribution in [2.75, 3.05) is 6.54 Å². The van der Waals surface area contributed by atoms with Gasteiger partial charge in [0.05, 0.1) is 6.04 Å². The van der Waals surface area contributed by atoms with Crippen LogP contribution in [-0.2, 0) is 4.79 Å². The van der Waals surface area contributed by atoms with E-state index in [0.717, 1.165) is 36.1 Å². The zero-order chi connectivity index (χ0) is 12.6. The van der Waals surface area contributed by atoms with Gasteiger partial charge in [-0.25, -0.2) is 0 Å². The van der Waals surface area contributed by atoms with Crippen LogP contribution in [0.3, 0.4) is 0 Å². The standard InChI is InChI=1S/C16H24N2O/c19-16(14-11-3-1-2-10(11)7-17-14)18-15-12-8-4-5-9(6-8)13(12)15/h8-15,17H,1-7H2,(H,18,19). The molecular formula is C16H24N2O. The summed E-state index contributed by atoms with van der Waals surface area (Å²) in [6, 6.07) is 0.687. The van der Waals surface area contributed by atoms with Crippen molar-refractivity contribution < 1.29 is 4.79 Å². The number of nitrogens with one attached hydrogen (secondary N) is 2. The molecule has 0 spiro atoms. The van der Waals surface area contributed by atoms with E-state index in [1.54, 1.807) is 0 Å². The van der Waals surface area contributed by atoms with Crippen LogP contribution in [-0.4, -0.2) is 24.5 Å². The van der Waals surface area contributed by atoms with Gasteiger partial charge in [-0.3, -0.25) is 4.79 Å². The smallest absolute Gasteiger partial charge is 0.237 e. The molecule has 19 heavy (non-hydrogen) atoms. The predicted molar refractivity (Wildman–Crippen MR) is 72.4 cm³/mol. The first-order chi connectivity index (χ1) is 9.33. The van der Waals surface area contributed by atoms with Crippen molar-refractivity contribution in [3.63, 3.8) is 0 Å². The topological polar surface area (TPSA) is 41.1 Å². The van der Waals surface area contributed by atoms with Gasteiger partial charge >= 0.3 is 0 Å². The van der Waals surface area contributed by atoms with Crippen LogP contribution < -0.4 is 10.6 Å². The Balaban J connectivity index is 1.25. The maximum atomic E-state index is 12.5. The molecule has 0 aromatic carbocycles. The number of carbonyl (C=O) groups is 1. The van der Waals surface area contributed by atoms with Gasteiger partial charge in [0.2, 0.25) is 5.91 Å². The molecule has 4 saturated carbocycles. The van der Waals surface area contributed by atoms with Crippen molar-refractivity contribution >= 4 is 5.91 Å². The van der Waals surface area contributed by atoms with E-state index < -0.39 is 0 Å². The van der Waals surface area contributed by atoms with E-state index in [2.05, 4.69) is 10.6 Å². The van der Waals surface area contributed by atoms with Gasteiger partial charge in [0.1, 0.15) is 0 Å². The molecule has 104 valence electrons. The maximum absolute atomic E-state index is 12.5. The molecule has 0 aromatic rings. The summed E-state index contributed by atoms with van der Waals surface area (Å²) >= 11 is 0. The highest BCUT2D eigenvalue weighted by Gasteiger charge is 2.65. The van der Waals surface area contributed by atoms with E-state index in [4.69, 9.17) is 0 Å². The summed E-state index contributed by atoms with van der Waals surface area (Å²) in [6.07, 6.45) is 8.27. The summed E-state index contributed by atoms with van der Waals surface area (Å²) in [5.41, 5.74) is 0. The fourth-order valence-electron chi connectivity index (χ4n) is 6.25. The molecule has 3 heteroatoms. The number of rotatable bonds is 2. The Hall–Kier alpha value is -0.570. The average Bonchev–Trinajstić information content (AvgIpc) is 2.94. The molecule has 0 radical (unpaired) electrons. The molecule has 5 aliphatic rings. The molecule has 2 N–H and O–H groups in total. The fourth-order valence-corrected chi connectivity index (χ4v) is 6.25. The van der Waals surface area contributed by atoms with Crippen LogP contribution in [0.5, 0.6) is 0 Å². The Morgan fingerprint density at radius 2 is 1.79 bits per heavy atom. The van der Waals surface area contributed by atoms with Crippen LogP contribution in [0.25, 0.3) is 0 Å². The number of amides is 1. The average molecular weight is 260 g/mol. The summed E-state index contributed by atoms with van der Waals surface area (Å²) in [5.74, 6) is 5.38. The monoisotopic (exact) mass is 260 g/mol. The zero-order valence-electron chi connectivity index (χ0n) is 11.5. The molecule has 7 atom stereocenters. The van der Waals surface area contributed by atoms with E-state index in [9.17, 15) is 4.79 Å². The maximum Gasteiger partial charge on any atom is 0.237 e. The summed E-state index contributed by atoms with van der Waals surface area (Å²) < 4.78 is 0. The van der Waals surface area contributed by atoms with Crippen molar-refractivity contribution in [3.8, 4) is 0 Å². The van der Waals surface area contributed by atoms with Gasteiger partial charge in [-0.15, -0.1) is 0 Å². The lowest BCUT2D eigenvalue weighted by molar-refractivity contribution is -0.124. The number of fused-ring (bicyclic) bond motifs is 6. The van der Waals surface area contributed by atoms with Crippen molar-refractivity contribution in [2.45, 2.75) is 50.6 Å². The Kier molecular flexibility index (Phi) is 2.20. The van der Waals surface area contributed by atoms with Crippen LogP contribution in [0.4, 0.5) is 0 Å². The van der Waals surface area contributed by atoms with Crippen LogP contribution in [0.15, 0.2) is 0 Å². The van der Waals surface area contributed by atoms with Crippen LogP contribution in [0.1, 0.15) is 38.5 Å². The first-order valence-electron chi connectivity index (χ1n) is 8.36. The lowest BCUT2D eigenvalue weighted by Gasteiger charge is -2.19. The van der Waals surface area contributed by atoms with Gasteiger partial charge in [-0.2, -0.15) is 0 Å². The molecule has 3 nitrogen and oxygen atoms in total. The number of hydrogen-bond donors (Lipinski definition) is 2. The Morgan fingerprint density at radius 1 is 1.00 bits per heavy atom. The van der Waals surface area contributed by atoms with E-state index in [-0.39, 0.29) is 6.04 Å². The molecule has 2 bridgehead atoms. The van der Waals surface area contributed by atoms with Crippen molar-refractivity contribution in [3.05, 3.63) is 0 Å². The Labute approximate surface area is 114 Å². The van der Waals surface area contributed by atoms with Gasteiger partial charge in [0.25, 0.3) is 0 Å². The van der Waals surface area contributed by atoms with Gasteiger partial charge < -0.3 is 10.6 Å². The third kappa shape index (κ3) is 1.45. The second-order valence-corrected chi connectivity index (χ2v) is 7.76. The van der Waals surface area contributed by atoms with Gasteiger partial charge in [-0.1, -0.05) is 6.42 Å². The number of hydrogen-bond acceptors (Lipinski definition) is 2. The molecule has 5 rings (SSSR count). The van der Waals surface area contributed by atoms with Crippen LogP contribution in [0, 0.1) is 35.5 Å². The van der Waals surface area contributed by atoms with E-state index >= 15 is 0 Å². The van der Waals surface area contributed by atoms with Gasteiger partial charge in [-0.05, 0) is 74.2 Å². The molecular weight excluding hydrogens is 236 g/mol. The molecule has 1 saturated heterocycles. The normalized spacial score (nSPS) is 57.1. The molecule has 5 fully saturated rings. The lowest BCUT2D eigenvalue weighted by atomic mass is 9.93. The summed E-state index contributed by atoms with van der Waals surface area (Å²) in [7, 11) is 0. The summed E-state index contributed by atoms with van der Waals surface area (Å²) in [6.45, 7) is 1.07. The molecule has 1 heterocycles. The summed E-state index contributed by atoms with van der Waals surface area (Å²) in [4.78, 5) is 12.5. The molecule has 0 aromatic heterocycles. The Bertz CT molecular complexity index is 407. The van der Waals surface area contributed by atoms with Crippen molar-refractivity contribution in [1.29, 1.82) is 0 Å². The zero-order valence-corrected chi connectivity index (χ0v) is 11.5. The van der Waals surface area contributed by atoms with Gasteiger partial charge in [0.15, 0.2) is 0 Å². The third-order valence-electron chi connectivity index (χ3n) is 7.07. The summed E-state index contributed by atoms with van der Waals surface area (Å²) in [5, 5.41) is 6.89.